The molecule has 0 aliphatic rings. The number of benzene rings is 1. The van der Waals surface area contributed by atoms with E-state index in [-0.39, 0.29) is 18.2 Å². The third kappa shape index (κ3) is 4.26. The number of rotatable bonds is 6. The molecule has 1 heterocycles. The highest BCUT2D eigenvalue weighted by Crippen LogP contribution is 2.32. The van der Waals surface area contributed by atoms with Crippen LogP contribution >= 0.6 is 11.3 Å². The van der Waals surface area contributed by atoms with E-state index in [9.17, 15) is 13.5 Å². The molecule has 116 valence electrons. The van der Waals surface area contributed by atoms with E-state index in [4.69, 9.17) is 0 Å². The summed E-state index contributed by atoms with van der Waals surface area (Å²) >= 11 is 1.48. The fourth-order valence-electron chi connectivity index (χ4n) is 2.08. The van der Waals surface area contributed by atoms with Crippen molar-refractivity contribution in [1.29, 1.82) is 0 Å². The summed E-state index contributed by atoms with van der Waals surface area (Å²) in [5.41, 5.74) is -1.21. The predicted molar refractivity (Wildman–Crippen MR) is 88.0 cm³/mol. The highest BCUT2D eigenvalue weighted by molar-refractivity contribution is 7.89. The quantitative estimate of drug-likeness (QED) is 0.857. The molecule has 1 aromatic carbocycles. The van der Waals surface area contributed by atoms with E-state index in [1.807, 2.05) is 44.2 Å². The van der Waals surface area contributed by atoms with Crippen molar-refractivity contribution in [2.75, 3.05) is 12.3 Å². The monoisotopic (exact) mass is 327 g/mol. The van der Waals surface area contributed by atoms with Crippen molar-refractivity contribution in [3.8, 4) is 0 Å². The van der Waals surface area contributed by atoms with Gasteiger partial charge in [-0.15, -0.1) is 11.3 Å². The zero-order chi connectivity index (χ0) is 15.7. The lowest BCUT2D eigenvalue weighted by Gasteiger charge is -2.22. The van der Waals surface area contributed by atoms with E-state index in [2.05, 4.69) is 4.72 Å². The van der Waals surface area contributed by atoms with Crippen LogP contribution in [0, 0.1) is 5.92 Å². The van der Waals surface area contributed by atoms with Crippen LogP contribution in [0.4, 0.5) is 0 Å². The first kappa shape index (κ1) is 16.4. The van der Waals surface area contributed by atoms with Gasteiger partial charge in [0, 0.05) is 16.1 Å². The zero-order valence-corrected chi connectivity index (χ0v) is 14.1. The average molecular weight is 327 g/mol. The van der Waals surface area contributed by atoms with Gasteiger partial charge in [-0.1, -0.05) is 32.0 Å². The molecule has 21 heavy (non-hydrogen) atoms. The molecule has 1 atom stereocenters. The van der Waals surface area contributed by atoms with Crippen LogP contribution in [0.15, 0.2) is 30.3 Å². The molecule has 0 amide bonds. The molecule has 2 N–H and O–H groups in total. The number of hydrogen-bond donors (Lipinski definition) is 2. The fraction of sp³-hybridized carbons (Fsp3) is 0.467. The van der Waals surface area contributed by atoms with E-state index in [1.165, 1.54) is 11.3 Å². The molecule has 0 bridgehead atoms. The smallest absolute Gasteiger partial charge is 0.211 e. The Morgan fingerprint density at radius 2 is 2.00 bits per heavy atom. The molecule has 0 aliphatic heterocycles. The maximum atomic E-state index is 11.9. The molecule has 0 radical (unpaired) electrons. The van der Waals surface area contributed by atoms with Gasteiger partial charge in [0.15, 0.2) is 0 Å². The van der Waals surface area contributed by atoms with Crippen molar-refractivity contribution < 1.29 is 13.5 Å². The summed E-state index contributed by atoms with van der Waals surface area (Å²) in [6.07, 6.45) is 0. The Morgan fingerprint density at radius 3 is 2.62 bits per heavy atom. The molecule has 1 aromatic heterocycles. The lowest BCUT2D eigenvalue weighted by atomic mass is 10.1. The Kier molecular flexibility index (Phi) is 4.72. The molecule has 0 aliphatic carbocycles. The Morgan fingerprint density at radius 1 is 1.33 bits per heavy atom. The minimum absolute atomic E-state index is 0.0190. The number of thiophene rings is 1. The molecule has 0 fully saturated rings. The number of aliphatic hydroxyl groups is 1. The van der Waals surface area contributed by atoms with Gasteiger partial charge >= 0.3 is 0 Å². The summed E-state index contributed by atoms with van der Waals surface area (Å²) in [6.45, 7) is 5.32. The fourth-order valence-corrected chi connectivity index (χ4v) is 4.69. The summed E-state index contributed by atoms with van der Waals surface area (Å²) in [7, 11) is -3.36. The third-order valence-corrected chi connectivity index (χ3v) is 6.20. The summed E-state index contributed by atoms with van der Waals surface area (Å²) in [6, 6.07) is 9.77. The maximum Gasteiger partial charge on any atom is 0.211 e. The van der Waals surface area contributed by atoms with Crippen molar-refractivity contribution in [3.63, 3.8) is 0 Å². The standard InChI is InChI=1S/C15H21NO3S2/c1-11(2)9-21(18,19)16-10-15(3,17)14-8-12-6-4-5-7-13(12)20-14/h4-8,11,16-17H,9-10H2,1-3H3. The van der Waals surface area contributed by atoms with Gasteiger partial charge in [-0.2, -0.15) is 0 Å². The number of hydrogen-bond acceptors (Lipinski definition) is 4. The predicted octanol–water partition coefficient (Wildman–Crippen LogP) is 2.68. The van der Waals surface area contributed by atoms with Crippen LogP contribution in [-0.4, -0.2) is 25.8 Å². The second-order valence-corrected chi connectivity index (χ2v) is 8.85. The minimum atomic E-state index is -3.36. The first-order chi connectivity index (χ1) is 9.70. The first-order valence-electron chi connectivity index (χ1n) is 6.88. The van der Waals surface area contributed by atoms with Gasteiger partial charge in [0.1, 0.15) is 5.60 Å². The molecule has 0 spiro atoms. The second-order valence-electron chi connectivity index (χ2n) is 5.92. The molecule has 0 saturated heterocycles. The molecule has 2 aromatic rings. The van der Waals surface area contributed by atoms with Gasteiger partial charge < -0.3 is 5.11 Å². The van der Waals surface area contributed by atoms with Gasteiger partial charge in [-0.25, -0.2) is 13.1 Å². The average Bonchev–Trinajstić information content (AvgIpc) is 2.80. The highest BCUT2D eigenvalue weighted by atomic mass is 32.2. The van der Waals surface area contributed by atoms with Crippen molar-refractivity contribution in [3.05, 3.63) is 35.2 Å². The third-order valence-electron chi connectivity index (χ3n) is 3.15. The van der Waals surface area contributed by atoms with Crippen LogP contribution in [0.2, 0.25) is 0 Å². The number of fused-ring (bicyclic) bond motifs is 1. The molecule has 4 nitrogen and oxygen atoms in total. The van der Waals surface area contributed by atoms with Crippen molar-refractivity contribution in [2.45, 2.75) is 26.4 Å². The Balaban J connectivity index is 2.14. The second kappa shape index (κ2) is 6.04. The van der Waals surface area contributed by atoms with Crippen molar-refractivity contribution >= 4 is 31.4 Å². The minimum Gasteiger partial charge on any atom is -0.383 e. The van der Waals surface area contributed by atoms with Crippen LogP contribution in [0.5, 0.6) is 0 Å². The largest absolute Gasteiger partial charge is 0.383 e. The Bertz CT molecular complexity index is 684. The topological polar surface area (TPSA) is 66.4 Å². The first-order valence-corrected chi connectivity index (χ1v) is 9.35. The SMILES string of the molecule is CC(C)CS(=O)(=O)NCC(C)(O)c1cc2ccccc2s1. The molecule has 1 unspecified atom stereocenters. The van der Waals surface area contributed by atoms with Crippen molar-refractivity contribution in [1.82, 2.24) is 4.72 Å². The van der Waals surface area contributed by atoms with Crippen molar-refractivity contribution in [2.24, 2.45) is 5.92 Å². The van der Waals surface area contributed by atoms with E-state index >= 15 is 0 Å². The van der Waals surface area contributed by atoms with E-state index in [0.717, 1.165) is 15.0 Å². The van der Waals surface area contributed by atoms with Crippen LogP contribution in [0.1, 0.15) is 25.6 Å². The van der Waals surface area contributed by atoms with Crippen LogP contribution in [-0.2, 0) is 15.6 Å². The normalized spacial score (nSPS) is 15.5. The molecule has 6 heteroatoms. The maximum absolute atomic E-state index is 11.9. The Labute approximate surface area is 129 Å². The molecule has 2 rings (SSSR count). The van der Waals surface area contributed by atoms with E-state index in [0.29, 0.717) is 0 Å². The van der Waals surface area contributed by atoms with E-state index in [1.54, 1.807) is 6.92 Å². The Hall–Kier alpha value is -0.950. The van der Waals surface area contributed by atoms with Crippen LogP contribution in [0.3, 0.4) is 0 Å². The van der Waals surface area contributed by atoms with Gasteiger partial charge in [-0.3, -0.25) is 0 Å². The highest BCUT2D eigenvalue weighted by Gasteiger charge is 2.27. The number of nitrogens with one attached hydrogen (secondary N) is 1. The van der Waals surface area contributed by atoms with Gasteiger partial charge in [0.05, 0.1) is 5.75 Å². The lowest BCUT2D eigenvalue weighted by molar-refractivity contribution is 0.0666. The van der Waals surface area contributed by atoms with Crippen LogP contribution in [0.25, 0.3) is 10.1 Å². The molecular weight excluding hydrogens is 306 g/mol. The van der Waals surface area contributed by atoms with Gasteiger partial charge in [0.25, 0.3) is 0 Å². The van der Waals surface area contributed by atoms with Gasteiger partial charge in [-0.05, 0) is 30.4 Å². The molecule has 0 saturated carbocycles. The summed E-state index contributed by atoms with van der Waals surface area (Å²) in [5, 5.41) is 11.6. The summed E-state index contributed by atoms with van der Waals surface area (Å²) in [5.74, 6) is 0.118. The lowest BCUT2D eigenvalue weighted by Crippen LogP contribution is -2.39. The zero-order valence-electron chi connectivity index (χ0n) is 12.5. The van der Waals surface area contributed by atoms with Gasteiger partial charge in [0.2, 0.25) is 10.0 Å². The van der Waals surface area contributed by atoms with Crippen LogP contribution < -0.4 is 4.72 Å². The summed E-state index contributed by atoms with van der Waals surface area (Å²) < 4.78 is 27.3. The molecular formula is C15H21NO3S2. The van der Waals surface area contributed by atoms with E-state index < -0.39 is 15.6 Å². The number of sulfonamides is 1. The summed E-state index contributed by atoms with van der Waals surface area (Å²) in [4.78, 5) is 0.760.